The Morgan fingerprint density at radius 3 is 2.47 bits per heavy atom. The summed E-state index contributed by atoms with van der Waals surface area (Å²) < 4.78 is 0. The number of hydrogen-bond donors (Lipinski definition) is 1. The Bertz CT molecular complexity index is 276. The molecule has 0 bridgehead atoms. The number of likely N-dealkylation sites (N-methyl/N-ethyl adjacent to an activating group) is 1. The van der Waals surface area contributed by atoms with E-state index < -0.39 is 6.35 Å². The molecule has 2 saturated heterocycles. The fraction of sp³-hybridized carbons (Fsp3) is 0.900. The number of aliphatic hydroxyl groups is 1. The molecular formula is C10H19N3O2. The van der Waals surface area contributed by atoms with E-state index in [1.165, 1.54) is 0 Å². The lowest BCUT2D eigenvalue weighted by atomic mass is 9.82. The molecule has 5 heteroatoms. The van der Waals surface area contributed by atoms with E-state index in [-0.39, 0.29) is 11.3 Å². The summed E-state index contributed by atoms with van der Waals surface area (Å²) in [4.78, 5) is 17.1. The van der Waals surface area contributed by atoms with Crippen molar-refractivity contribution in [3.8, 4) is 0 Å². The molecule has 0 aromatic heterocycles. The number of nitrogens with zero attached hydrogens (tertiary/aromatic N) is 3. The zero-order valence-electron chi connectivity index (χ0n) is 9.60. The van der Waals surface area contributed by atoms with Gasteiger partial charge in [0.1, 0.15) is 0 Å². The number of likely N-dealkylation sites (tertiary alicyclic amines) is 1. The summed E-state index contributed by atoms with van der Waals surface area (Å²) in [7, 11) is 3.83. The van der Waals surface area contributed by atoms with Crippen molar-refractivity contribution in [1.82, 2.24) is 14.7 Å². The first kappa shape index (κ1) is 10.9. The topological polar surface area (TPSA) is 47.0 Å². The van der Waals surface area contributed by atoms with E-state index in [2.05, 4.69) is 18.9 Å². The molecule has 0 radical (unpaired) electrons. The highest BCUT2D eigenvalue weighted by Crippen LogP contribution is 2.31. The average Bonchev–Trinajstić information content (AvgIpc) is 2.30. The number of hydrogen-bond acceptors (Lipinski definition) is 4. The molecule has 2 aliphatic heterocycles. The maximum absolute atomic E-state index is 11.6. The van der Waals surface area contributed by atoms with Crippen LogP contribution in [0.15, 0.2) is 0 Å². The van der Waals surface area contributed by atoms with Crippen molar-refractivity contribution in [2.75, 3.05) is 40.3 Å². The molecule has 1 amide bonds. The number of amides is 1. The molecule has 2 rings (SSSR count). The smallest absolute Gasteiger partial charge is 0.239 e. The van der Waals surface area contributed by atoms with Gasteiger partial charge in [0, 0.05) is 25.0 Å². The molecule has 1 unspecified atom stereocenters. The van der Waals surface area contributed by atoms with Gasteiger partial charge in [-0.2, -0.15) is 0 Å². The zero-order valence-corrected chi connectivity index (χ0v) is 9.60. The molecule has 15 heavy (non-hydrogen) atoms. The maximum Gasteiger partial charge on any atom is 0.239 e. The Hall–Kier alpha value is -0.650. The number of carbonyl (C=O) groups excluding carboxylic acids is 1. The number of carbonyl (C=O) groups is 1. The summed E-state index contributed by atoms with van der Waals surface area (Å²) >= 11 is 0. The van der Waals surface area contributed by atoms with Crippen molar-refractivity contribution in [2.45, 2.75) is 13.3 Å². The van der Waals surface area contributed by atoms with Crippen LogP contribution in [0.3, 0.4) is 0 Å². The van der Waals surface area contributed by atoms with Crippen molar-refractivity contribution in [3.05, 3.63) is 0 Å². The second-order valence-corrected chi connectivity index (χ2v) is 5.27. The molecule has 0 aromatic rings. The van der Waals surface area contributed by atoms with E-state index >= 15 is 0 Å². The third-order valence-electron chi connectivity index (χ3n) is 3.23. The molecule has 2 fully saturated rings. The van der Waals surface area contributed by atoms with Crippen molar-refractivity contribution >= 4 is 5.91 Å². The van der Waals surface area contributed by atoms with Gasteiger partial charge < -0.3 is 14.9 Å². The van der Waals surface area contributed by atoms with Crippen molar-refractivity contribution in [1.29, 1.82) is 0 Å². The Balaban J connectivity index is 1.97. The third-order valence-corrected chi connectivity index (χ3v) is 3.23. The van der Waals surface area contributed by atoms with Gasteiger partial charge in [-0.25, -0.2) is 0 Å². The van der Waals surface area contributed by atoms with Crippen LogP contribution in [0, 0.1) is 5.41 Å². The predicted molar refractivity (Wildman–Crippen MR) is 56.0 cm³/mol. The molecular weight excluding hydrogens is 194 g/mol. The minimum Gasteiger partial charge on any atom is -0.361 e. The summed E-state index contributed by atoms with van der Waals surface area (Å²) in [5.74, 6) is 0.0285. The van der Waals surface area contributed by atoms with Gasteiger partial charge >= 0.3 is 0 Å². The summed E-state index contributed by atoms with van der Waals surface area (Å²) in [5, 5.41) is 9.79. The molecule has 86 valence electrons. The van der Waals surface area contributed by atoms with Crippen LogP contribution in [0.25, 0.3) is 0 Å². The van der Waals surface area contributed by atoms with Crippen LogP contribution >= 0.6 is 0 Å². The van der Waals surface area contributed by atoms with Crippen molar-refractivity contribution in [3.63, 3.8) is 0 Å². The van der Waals surface area contributed by atoms with Crippen LogP contribution in [0.5, 0.6) is 0 Å². The lowest BCUT2D eigenvalue weighted by Gasteiger charge is -2.48. The van der Waals surface area contributed by atoms with Crippen LogP contribution in [0.4, 0.5) is 0 Å². The van der Waals surface area contributed by atoms with Gasteiger partial charge in [-0.15, -0.1) is 0 Å². The fourth-order valence-electron chi connectivity index (χ4n) is 2.69. The third kappa shape index (κ3) is 1.87. The maximum atomic E-state index is 11.6. The van der Waals surface area contributed by atoms with Crippen LogP contribution in [-0.4, -0.2) is 72.3 Å². The van der Waals surface area contributed by atoms with E-state index in [1.54, 1.807) is 16.8 Å². The average molecular weight is 213 g/mol. The number of aliphatic hydroxyl groups excluding tert-OH is 1. The lowest BCUT2D eigenvalue weighted by molar-refractivity contribution is -0.140. The highest BCUT2D eigenvalue weighted by molar-refractivity contribution is 5.80. The SMILES string of the molecule is CN1CC(C)(CN2C(=O)CN(C)C2O)C1. The van der Waals surface area contributed by atoms with Gasteiger partial charge in [-0.05, 0) is 14.1 Å². The summed E-state index contributed by atoms with van der Waals surface area (Å²) in [5.41, 5.74) is 0.149. The van der Waals surface area contributed by atoms with E-state index in [9.17, 15) is 9.90 Å². The number of rotatable bonds is 2. The monoisotopic (exact) mass is 213 g/mol. The standard InChI is InChI=1S/C10H19N3O2/c1-10(5-11(2)6-10)7-13-8(14)4-12(3)9(13)15/h9,15H,4-7H2,1-3H3. The summed E-state index contributed by atoms with van der Waals surface area (Å²) in [6.45, 7) is 5.13. The predicted octanol–water partition coefficient (Wildman–Crippen LogP) is -1.01. The molecule has 1 atom stereocenters. The van der Waals surface area contributed by atoms with Gasteiger partial charge in [0.2, 0.25) is 5.91 Å². The lowest BCUT2D eigenvalue weighted by Crippen LogP contribution is -2.59. The quantitative estimate of drug-likeness (QED) is 0.638. The summed E-state index contributed by atoms with van der Waals surface area (Å²) in [6, 6.07) is 0. The first-order valence-electron chi connectivity index (χ1n) is 5.28. The molecule has 2 heterocycles. The van der Waals surface area contributed by atoms with Crippen LogP contribution in [0.1, 0.15) is 6.92 Å². The first-order chi connectivity index (χ1) is 6.91. The minimum absolute atomic E-state index is 0.0285. The van der Waals surface area contributed by atoms with Crippen LogP contribution < -0.4 is 0 Å². The van der Waals surface area contributed by atoms with Gasteiger partial charge in [0.05, 0.1) is 6.54 Å². The van der Waals surface area contributed by atoms with Gasteiger partial charge in [0.25, 0.3) is 0 Å². The minimum atomic E-state index is -0.736. The Morgan fingerprint density at radius 2 is 2.07 bits per heavy atom. The van der Waals surface area contributed by atoms with E-state index in [0.29, 0.717) is 13.1 Å². The molecule has 0 aromatic carbocycles. The summed E-state index contributed by atoms with van der Waals surface area (Å²) in [6.07, 6.45) is -0.736. The fourth-order valence-corrected chi connectivity index (χ4v) is 2.69. The first-order valence-corrected chi connectivity index (χ1v) is 5.28. The van der Waals surface area contributed by atoms with Gasteiger partial charge in [-0.3, -0.25) is 9.69 Å². The highest BCUT2D eigenvalue weighted by Gasteiger charge is 2.43. The molecule has 2 aliphatic rings. The van der Waals surface area contributed by atoms with Gasteiger partial charge in [-0.1, -0.05) is 6.92 Å². The molecule has 5 nitrogen and oxygen atoms in total. The van der Waals surface area contributed by atoms with E-state index in [4.69, 9.17) is 0 Å². The second-order valence-electron chi connectivity index (χ2n) is 5.27. The van der Waals surface area contributed by atoms with Crippen LogP contribution in [0.2, 0.25) is 0 Å². The van der Waals surface area contributed by atoms with E-state index in [0.717, 1.165) is 13.1 Å². The Morgan fingerprint density at radius 1 is 1.47 bits per heavy atom. The van der Waals surface area contributed by atoms with E-state index in [1.807, 2.05) is 0 Å². The molecule has 1 N–H and O–H groups in total. The highest BCUT2D eigenvalue weighted by atomic mass is 16.3. The van der Waals surface area contributed by atoms with Gasteiger partial charge in [0.15, 0.2) is 6.35 Å². The Kier molecular flexibility index (Phi) is 2.48. The van der Waals surface area contributed by atoms with Crippen molar-refractivity contribution < 1.29 is 9.90 Å². The molecule has 0 aliphatic carbocycles. The largest absolute Gasteiger partial charge is 0.361 e. The normalized spacial score (nSPS) is 32.1. The molecule has 0 saturated carbocycles. The van der Waals surface area contributed by atoms with Crippen molar-refractivity contribution in [2.24, 2.45) is 5.41 Å². The van der Waals surface area contributed by atoms with Crippen LogP contribution in [-0.2, 0) is 4.79 Å². The Labute approximate surface area is 90.2 Å². The molecule has 0 spiro atoms. The second kappa shape index (κ2) is 3.43. The zero-order chi connectivity index (χ0) is 11.2.